The molecule has 1 aromatic heterocycles. The van der Waals surface area contributed by atoms with E-state index in [0.29, 0.717) is 6.54 Å². The molecule has 0 aromatic carbocycles. The van der Waals surface area contributed by atoms with Gasteiger partial charge in [0, 0.05) is 6.54 Å². The minimum Gasteiger partial charge on any atom is -0.477 e. The van der Waals surface area contributed by atoms with Gasteiger partial charge in [-0.2, -0.15) is 0 Å². The summed E-state index contributed by atoms with van der Waals surface area (Å²) in [5.74, 6) is -1.50. The first-order valence-electron chi connectivity index (χ1n) is 5.28. The highest BCUT2D eigenvalue weighted by atomic mass is 16.4. The lowest BCUT2D eigenvalue weighted by molar-refractivity contribution is 0.0690. The molecule has 0 saturated carbocycles. The highest BCUT2D eigenvalue weighted by Gasteiger charge is 2.10. The molecule has 17 heavy (non-hydrogen) atoms. The van der Waals surface area contributed by atoms with Gasteiger partial charge < -0.3 is 15.7 Å². The Hall–Kier alpha value is -1.95. The van der Waals surface area contributed by atoms with Gasteiger partial charge in [0.2, 0.25) is 0 Å². The number of nitrogens with zero attached hydrogens (tertiary/aromatic N) is 1. The van der Waals surface area contributed by atoms with Gasteiger partial charge >= 0.3 is 5.97 Å². The number of hydrogen-bond donors (Lipinski definition) is 3. The fourth-order valence-electron chi connectivity index (χ4n) is 1.24. The quantitative estimate of drug-likeness (QED) is 0.611. The van der Waals surface area contributed by atoms with Gasteiger partial charge in [-0.05, 0) is 32.1 Å². The third kappa shape index (κ3) is 4.20. The number of carbonyl (C=O) groups is 2. The normalized spacial score (nSPS) is 9.94. The molecule has 92 valence electrons. The summed E-state index contributed by atoms with van der Waals surface area (Å²) in [7, 11) is 1.83. The molecule has 6 nitrogen and oxygen atoms in total. The molecular formula is C11H15N3O3. The maximum absolute atomic E-state index is 11.6. The largest absolute Gasteiger partial charge is 0.477 e. The number of amides is 1. The maximum Gasteiger partial charge on any atom is 0.354 e. The third-order valence-corrected chi connectivity index (χ3v) is 2.09. The van der Waals surface area contributed by atoms with Crippen LogP contribution < -0.4 is 10.6 Å². The van der Waals surface area contributed by atoms with Crippen LogP contribution in [-0.2, 0) is 0 Å². The van der Waals surface area contributed by atoms with Crippen molar-refractivity contribution >= 4 is 11.9 Å². The SMILES string of the molecule is CNCCCNC(=O)c1cccc(C(=O)O)n1. The fourth-order valence-corrected chi connectivity index (χ4v) is 1.24. The monoisotopic (exact) mass is 237 g/mol. The second-order valence-corrected chi connectivity index (χ2v) is 3.43. The van der Waals surface area contributed by atoms with Gasteiger partial charge in [-0.15, -0.1) is 0 Å². The van der Waals surface area contributed by atoms with Crippen LogP contribution in [0.5, 0.6) is 0 Å². The molecule has 0 saturated heterocycles. The van der Waals surface area contributed by atoms with E-state index in [4.69, 9.17) is 5.11 Å². The number of pyridine rings is 1. The average molecular weight is 237 g/mol. The number of carboxylic acid groups (broad SMARTS) is 1. The van der Waals surface area contributed by atoms with E-state index >= 15 is 0 Å². The van der Waals surface area contributed by atoms with E-state index in [2.05, 4.69) is 15.6 Å². The first-order chi connectivity index (χ1) is 8.15. The van der Waals surface area contributed by atoms with Gasteiger partial charge in [0.1, 0.15) is 11.4 Å². The molecule has 1 rings (SSSR count). The average Bonchev–Trinajstić information content (AvgIpc) is 2.34. The van der Waals surface area contributed by atoms with Gasteiger partial charge in [0.05, 0.1) is 0 Å². The van der Waals surface area contributed by atoms with Gasteiger partial charge in [-0.25, -0.2) is 9.78 Å². The predicted octanol–water partition coefficient (Wildman–Crippen LogP) is 0.119. The van der Waals surface area contributed by atoms with Gasteiger partial charge in [-0.3, -0.25) is 4.79 Å². The highest BCUT2D eigenvalue weighted by Crippen LogP contribution is 1.99. The topological polar surface area (TPSA) is 91.3 Å². The zero-order valence-electron chi connectivity index (χ0n) is 9.56. The first-order valence-corrected chi connectivity index (χ1v) is 5.28. The van der Waals surface area contributed by atoms with Crippen LogP contribution in [0.4, 0.5) is 0 Å². The summed E-state index contributed by atoms with van der Waals surface area (Å²) >= 11 is 0. The molecule has 3 N–H and O–H groups in total. The zero-order chi connectivity index (χ0) is 12.7. The molecule has 1 aromatic rings. The molecule has 6 heteroatoms. The van der Waals surface area contributed by atoms with Crippen molar-refractivity contribution in [2.24, 2.45) is 0 Å². The Morgan fingerprint density at radius 2 is 2.00 bits per heavy atom. The zero-order valence-corrected chi connectivity index (χ0v) is 9.56. The lowest BCUT2D eigenvalue weighted by Crippen LogP contribution is -2.27. The summed E-state index contributed by atoms with van der Waals surface area (Å²) in [6, 6.07) is 4.33. The lowest BCUT2D eigenvalue weighted by atomic mass is 10.3. The molecule has 0 aliphatic heterocycles. The molecule has 1 amide bonds. The van der Waals surface area contributed by atoms with E-state index < -0.39 is 5.97 Å². The lowest BCUT2D eigenvalue weighted by Gasteiger charge is -2.04. The number of aromatic nitrogens is 1. The number of carboxylic acids is 1. The maximum atomic E-state index is 11.6. The summed E-state index contributed by atoms with van der Waals surface area (Å²) in [5.41, 5.74) is -0.0118. The summed E-state index contributed by atoms with van der Waals surface area (Å²) in [5, 5.41) is 14.4. The van der Waals surface area contributed by atoms with E-state index in [0.717, 1.165) is 13.0 Å². The molecule has 0 radical (unpaired) electrons. The Morgan fingerprint density at radius 1 is 1.29 bits per heavy atom. The Balaban J connectivity index is 2.56. The van der Waals surface area contributed by atoms with E-state index in [1.54, 1.807) is 0 Å². The summed E-state index contributed by atoms with van der Waals surface area (Å²) in [6.07, 6.45) is 0.806. The highest BCUT2D eigenvalue weighted by molar-refractivity contribution is 5.94. The minimum absolute atomic E-state index is 0.120. The number of aromatic carboxylic acids is 1. The van der Waals surface area contributed by atoms with Crippen molar-refractivity contribution in [3.8, 4) is 0 Å². The van der Waals surface area contributed by atoms with Crippen molar-refractivity contribution in [1.29, 1.82) is 0 Å². The smallest absolute Gasteiger partial charge is 0.354 e. The molecule has 0 atom stereocenters. The fraction of sp³-hybridized carbons (Fsp3) is 0.364. The van der Waals surface area contributed by atoms with Crippen LogP contribution in [0.3, 0.4) is 0 Å². The Labute approximate surface area is 99.1 Å². The summed E-state index contributed by atoms with van der Waals surface area (Å²) < 4.78 is 0. The minimum atomic E-state index is -1.14. The van der Waals surface area contributed by atoms with Crippen molar-refractivity contribution in [3.63, 3.8) is 0 Å². The Morgan fingerprint density at radius 3 is 2.65 bits per heavy atom. The molecule has 0 aliphatic carbocycles. The van der Waals surface area contributed by atoms with Crippen molar-refractivity contribution in [2.75, 3.05) is 20.1 Å². The van der Waals surface area contributed by atoms with E-state index in [1.807, 2.05) is 7.05 Å². The van der Waals surface area contributed by atoms with Crippen LogP contribution in [0.1, 0.15) is 27.4 Å². The van der Waals surface area contributed by atoms with Crippen molar-refractivity contribution in [3.05, 3.63) is 29.6 Å². The van der Waals surface area contributed by atoms with E-state index in [1.165, 1.54) is 18.2 Å². The van der Waals surface area contributed by atoms with E-state index in [9.17, 15) is 9.59 Å². The number of hydrogen-bond acceptors (Lipinski definition) is 4. The number of rotatable bonds is 6. The Kier molecular flexibility index (Phi) is 5.09. The standard InChI is InChI=1S/C11H15N3O3/c1-12-6-3-7-13-10(15)8-4-2-5-9(14-8)11(16)17/h2,4-5,12H,3,6-7H2,1H3,(H,13,15)(H,16,17). The second kappa shape index (κ2) is 6.59. The molecule has 0 spiro atoms. The second-order valence-electron chi connectivity index (χ2n) is 3.43. The van der Waals surface area contributed by atoms with Crippen LogP contribution in [0.15, 0.2) is 18.2 Å². The van der Waals surface area contributed by atoms with Crippen LogP contribution in [0, 0.1) is 0 Å². The first kappa shape index (κ1) is 13.1. The molecule has 0 unspecified atom stereocenters. The number of carbonyl (C=O) groups excluding carboxylic acids is 1. The van der Waals surface area contributed by atoms with Gasteiger partial charge in [-0.1, -0.05) is 6.07 Å². The van der Waals surface area contributed by atoms with Crippen molar-refractivity contribution in [1.82, 2.24) is 15.6 Å². The van der Waals surface area contributed by atoms with Crippen LogP contribution in [0.2, 0.25) is 0 Å². The molecule has 0 fully saturated rings. The molecular weight excluding hydrogens is 222 g/mol. The summed E-state index contributed by atoms with van der Waals surface area (Å²) in [6.45, 7) is 1.33. The molecule has 0 aliphatic rings. The predicted molar refractivity (Wildman–Crippen MR) is 62.1 cm³/mol. The van der Waals surface area contributed by atoms with Crippen LogP contribution >= 0.6 is 0 Å². The van der Waals surface area contributed by atoms with Crippen LogP contribution in [0.25, 0.3) is 0 Å². The third-order valence-electron chi connectivity index (χ3n) is 2.09. The van der Waals surface area contributed by atoms with E-state index in [-0.39, 0.29) is 17.3 Å². The van der Waals surface area contributed by atoms with Gasteiger partial charge in [0.15, 0.2) is 0 Å². The number of nitrogens with one attached hydrogen (secondary N) is 2. The summed E-state index contributed by atoms with van der Waals surface area (Å²) in [4.78, 5) is 26.0. The molecule has 0 bridgehead atoms. The van der Waals surface area contributed by atoms with Crippen LogP contribution in [-0.4, -0.2) is 42.1 Å². The van der Waals surface area contributed by atoms with Gasteiger partial charge in [0.25, 0.3) is 5.91 Å². The molecule has 1 heterocycles. The Bertz CT molecular complexity index is 407. The van der Waals surface area contributed by atoms with Crippen molar-refractivity contribution < 1.29 is 14.7 Å². The van der Waals surface area contributed by atoms with Crippen molar-refractivity contribution in [2.45, 2.75) is 6.42 Å².